The largest absolute Gasteiger partial charge is 0.311 e. The summed E-state index contributed by atoms with van der Waals surface area (Å²) in [6.07, 6.45) is 0. The van der Waals surface area contributed by atoms with E-state index in [0.29, 0.717) is 0 Å². The molecule has 0 aliphatic rings. The van der Waals surface area contributed by atoms with E-state index < -0.39 is 0 Å². The van der Waals surface area contributed by atoms with Gasteiger partial charge >= 0.3 is 0 Å². The minimum absolute atomic E-state index is 0.0463. The molecule has 0 radical (unpaired) electrons. The van der Waals surface area contributed by atoms with Gasteiger partial charge in [-0.15, -0.1) is 0 Å². The number of benzene rings is 10. The molecule has 0 saturated heterocycles. The van der Waals surface area contributed by atoms with E-state index in [9.17, 15) is 0 Å². The highest BCUT2D eigenvalue weighted by molar-refractivity contribution is 6.21. The zero-order valence-corrected chi connectivity index (χ0v) is 35.3. The molecule has 11 rings (SSSR count). The molecule has 1 heterocycles. The van der Waals surface area contributed by atoms with Crippen molar-refractivity contribution >= 4 is 60.4 Å². The van der Waals surface area contributed by atoms with E-state index in [0.717, 1.165) is 17.1 Å². The first-order chi connectivity index (χ1) is 30.4. The molecular weight excluding hydrogens is 749 g/mol. The van der Waals surface area contributed by atoms with Crippen molar-refractivity contribution in [2.75, 3.05) is 4.90 Å². The number of fused-ring (bicyclic) bond motifs is 5. The molecule has 0 aliphatic carbocycles. The third-order valence-corrected chi connectivity index (χ3v) is 12.5. The van der Waals surface area contributed by atoms with Crippen LogP contribution in [0.2, 0.25) is 0 Å². The maximum atomic E-state index is 2.40. The second-order valence-electron chi connectivity index (χ2n) is 17.4. The van der Waals surface area contributed by atoms with Crippen LogP contribution in [0, 0.1) is 0 Å². The van der Waals surface area contributed by atoms with Crippen LogP contribution in [0.1, 0.15) is 26.3 Å². The van der Waals surface area contributed by atoms with Crippen molar-refractivity contribution in [1.82, 2.24) is 4.57 Å². The van der Waals surface area contributed by atoms with Crippen molar-refractivity contribution in [3.8, 4) is 39.1 Å². The van der Waals surface area contributed by atoms with E-state index in [1.807, 2.05) is 0 Å². The number of para-hydroxylation sites is 2. The zero-order valence-electron chi connectivity index (χ0n) is 35.3. The maximum absolute atomic E-state index is 2.40. The third-order valence-electron chi connectivity index (χ3n) is 12.5. The summed E-state index contributed by atoms with van der Waals surface area (Å²) in [4.78, 5) is 2.35. The lowest BCUT2D eigenvalue weighted by atomic mass is 9.86. The Hall–Kier alpha value is -7.68. The molecule has 10 aromatic carbocycles. The quantitative estimate of drug-likeness (QED) is 0.146. The van der Waals surface area contributed by atoms with E-state index in [1.165, 1.54) is 88.0 Å². The van der Waals surface area contributed by atoms with Gasteiger partial charge in [-0.2, -0.15) is 0 Å². The van der Waals surface area contributed by atoms with Gasteiger partial charge in [0.05, 0.1) is 11.0 Å². The van der Waals surface area contributed by atoms with Crippen LogP contribution in [0.15, 0.2) is 224 Å². The van der Waals surface area contributed by atoms with E-state index in [1.54, 1.807) is 0 Å². The average molecular weight is 795 g/mol. The van der Waals surface area contributed by atoms with Crippen LogP contribution in [0.3, 0.4) is 0 Å². The Kier molecular flexibility index (Phi) is 9.09. The zero-order chi connectivity index (χ0) is 41.8. The second kappa shape index (κ2) is 15.1. The topological polar surface area (TPSA) is 8.17 Å². The van der Waals surface area contributed by atoms with Crippen LogP contribution in [0.25, 0.3) is 82.4 Å². The molecule has 0 spiro atoms. The van der Waals surface area contributed by atoms with Gasteiger partial charge in [0.25, 0.3) is 0 Å². The van der Waals surface area contributed by atoms with Gasteiger partial charge in [0.2, 0.25) is 0 Å². The Bertz CT molecular complexity index is 3340. The summed E-state index contributed by atoms with van der Waals surface area (Å²) in [5.74, 6) is 0. The number of anilines is 3. The first kappa shape index (κ1) is 37.3. The van der Waals surface area contributed by atoms with Gasteiger partial charge < -0.3 is 9.47 Å². The molecule has 2 heteroatoms. The summed E-state index contributed by atoms with van der Waals surface area (Å²) < 4.78 is 2.40. The average Bonchev–Trinajstić information content (AvgIpc) is 3.65. The molecular formula is C60H46N2. The van der Waals surface area contributed by atoms with Gasteiger partial charge in [-0.05, 0) is 139 Å². The molecule has 2 nitrogen and oxygen atoms in total. The fourth-order valence-electron chi connectivity index (χ4n) is 9.48. The fraction of sp³-hybridized carbons (Fsp3) is 0.0667. The SMILES string of the molecule is CC(C)(C)c1ccc2c(c1)c1cc(-c3ccc(N(c4ccccc4)c4ccc(-c5c6ccccc6c(-c6ccccc6)c6ccccc56)cc4)cc3)ccc1n2-c1ccccc1. The van der Waals surface area contributed by atoms with Gasteiger partial charge in [0.15, 0.2) is 0 Å². The van der Waals surface area contributed by atoms with Gasteiger partial charge in [-0.1, -0.05) is 172 Å². The molecule has 62 heavy (non-hydrogen) atoms. The molecule has 0 saturated carbocycles. The van der Waals surface area contributed by atoms with Crippen molar-refractivity contribution in [2.24, 2.45) is 0 Å². The highest BCUT2D eigenvalue weighted by atomic mass is 15.1. The summed E-state index contributed by atoms with van der Waals surface area (Å²) in [6.45, 7) is 6.87. The van der Waals surface area contributed by atoms with Crippen LogP contribution >= 0.6 is 0 Å². The molecule has 0 fully saturated rings. The lowest BCUT2D eigenvalue weighted by Gasteiger charge is -2.26. The standard InChI is InChI=1S/C60H46N2/c1-60(2,3)45-32-38-57-55(40-45)54-39-44(31-37-56(54)62(57)47-21-11-6-12-22-47)41-27-33-48(34-28-41)61(46-19-9-5-10-20-46)49-35-29-43(30-36-49)59-52-25-15-13-23-50(52)58(42-17-7-4-8-18-42)51-24-14-16-26-53(51)59/h4-40H,1-3H3. The van der Waals surface area contributed by atoms with E-state index >= 15 is 0 Å². The van der Waals surface area contributed by atoms with Crippen molar-refractivity contribution in [2.45, 2.75) is 26.2 Å². The number of rotatable bonds is 7. The van der Waals surface area contributed by atoms with Crippen LogP contribution in [0.5, 0.6) is 0 Å². The maximum Gasteiger partial charge on any atom is 0.0541 e. The molecule has 11 aromatic rings. The second-order valence-corrected chi connectivity index (χ2v) is 17.4. The molecule has 0 aliphatic heterocycles. The summed E-state index contributed by atoms with van der Waals surface area (Å²) in [5, 5.41) is 7.58. The summed E-state index contributed by atoms with van der Waals surface area (Å²) >= 11 is 0. The molecule has 0 atom stereocenters. The van der Waals surface area contributed by atoms with Crippen LogP contribution < -0.4 is 4.90 Å². The summed E-state index contributed by atoms with van der Waals surface area (Å²) in [7, 11) is 0. The fourth-order valence-corrected chi connectivity index (χ4v) is 9.48. The number of hydrogen-bond acceptors (Lipinski definition) is 1. The van der Waals surface area contributed by atoms with Crippen molar-refractivity contribution in [1.29, 1.82) is 0 Å². The lowest BCUT2D eigenvalue weighted by Crippen LogP contribution is -2.10. The van der Waals surface area contributed by atoms with Crippen LogP contribution in [0.4, 0.5) is 17.1 Å². The van der Waals surface area contributed by atoms with E-state index in [4.69, 9.17) is 0 Å². The third kappa shape index (κ3) is 6.44. The first-order valence-electron chi connectivity index (χ1n) is 21.6. The molecule has 0 amide bonds. The lowest BCUT2D eigenvalue weighted by molar-refractivity contribution is 0.591. The molecule has 0 bridgehead atoms. The number of hydrogen-bond donors (Lipinski definition) is 0. The summed E-state index contributed by atoms with van der Waals surface area (Å²) in [5.41, 5.74) is 15.7. The predicted octanol–water partition coefficient (Wildman–Crippen LogP) is 16.9. The number of aromatic nitrogens is 1. The van der Waals surface area contributed by atoms with Crippen molar-refractivity contribution in [3.63, 3.8) is 0 Å². The Morgan fingerprint density at radius 2 is 0.726 bits per heavy atom. The Morgan fingerprint density at radius 3 is 1.26 bits per heavy atom. The van der Waals surface area contributed by atoms with Gasteiger partial charge in [0, 0.05) is 33.5 Å². The van der Waals surface area contributed by atoms with Crippen LogP contribution in [-0.2, 0) is 5.41 Å². The van der Waals surface area contributed by atoms with Crippen LogP contribution in [-0.4, -0.2) is 4.57 Å². The van der Waals surface area contributed by atoms with Gasteiger partial charge in [-0.25, -0.2) is 0 Å². The Balaban J connectivity index is 0.993. The Labute approximate surface area is 363 Å². The normalized spacial score (nSPS) is 11.8. The molecule has 0 unspecified atom stereocenters. The highest BCUT2D eigenvalue weighted by Gasteiger charge is 2.20. The van der Waals surface area contributed by atoms with E-state index in [-0.39, 0.29) is 5.41 Å². The van der Waals surface area contributed by atoms with Crippen molar-refractivity contribution in [3.05, 3.63) is 230 Å². The smallest absolute Gasteiger partial charge is 0.0541 e. The molecule has 0 N–H and O–H groups in total. The minimum atomic E-state index is 0.0463. The van der Waals surface area contributed by atoms with E-state index in [2.05, 4.69) is 255 Å². The molecule has 296 valence electrons. The van der Waals surface area contributed by atoms with Gasteiger partial charge in [0.1, 0.15) is 0 Å². The molecule has 1 aromatic heterocycles. The minimum Gasteiger partial charge on any atom is -0.311 e. The summed E-state index contributed by atoms with van der Waals surface area (Å²) in [6, 6.07) is 82.0. The van der Waals surface area contributed by atoms with Crippen molar-refractivity contribution < 1.29 is 0 Å². The predicted molar refractivity (Wildman–Crippen MR) is 265 cm³/mol. The highest BCUT2D eigenvalue weighted by Crippen LogP contribution is 2.45. The Morgan fingerprint density at radius 1 is 0.323 bits per heavy atom. The first-order valence-corrected chi connectivity index (χ1v) is 21.6. The monoisotopic (exact) mass is 794 g/mol. The number of nitrogens with zero attached hydrogens (tertiary/aromatic N) is 2. The van der Waals surface area contributed by atoms with Gasteiger partial charge in [-0.3, -0.25) is 0 Å².